The molecule has 17 nitrogen and oxygen atoms in total. The van der Waals surface area contributed by atoms with Crippen LogP contribution >= 0.6 is 0 Å². The molecule has 2 aromatic carbocycles. The van der Waals surface area contributed by atoms with Gasteiger partial charge in [0.1, 0.15) is 23.4 Å². The van der Waals surface area contributed by atoms with E-state index in [0.29, 0.717) is 76.1 Å². The Balaban J connectivity index is 0.000000916. The normalized spacial score (nSPS) is 12.1. The number of benzene rings is 2. The number of hydrogen-bond donors (Lipinski definition) is 5. The Morgan fingerprint density at radius 1 is 0.632 bits per heavy atom. The maximum Gasteiger partial charge on any atom is 0.412 e. The van der Waals surface area contributed by atoms with E-state index < -0.39 is 29.4 Å². The number of carbonyl (C=O) groups is 4. The summed E-state index contributed by atoms with van der Waals surface area (Å²) >= 11 is 0. The van der Waals surface area contributed by atoms with E-state index in [4.69, 9.17) is 48.7 Å². The van der Waals surface area contributed by atoms with E-state index in [0.717, 1.165) is 6.42 Å². The van der Waals surface area contributed by atoms with Gasteiger partial charge in [0.2, 0.25) is 0 Å². The fourth-order valence-corrected chi connectivity index (χ4v) is 4.08. The van der Waals surface area contributed by atoms with Gasteiger partial charge >= 0.3 is 18.2 Å². The third-order valence-corrected chi connectivity index (χ3v) is 6.79. The number of ether oxygens (including phenoxy) is 8. The van der Waals surface area contributed by atoms with Crippen molar-refractivity contribution in [3.05, 3.63) is 59.7 Å². The van der Waals surface area contributed by atoms with Crippen LogP contribution in [0.4, 0.5) is 21.0 Å². The van der Waals surface area contributed by atoms with Crippen LogP contribution in [-0.2, 0) is 37.9 Å². The molecule has 2 atom stereocenters. The molecule has 0 aliphatic heterocycles. The van der Waals surface area contributed by atoms with Crippen LogP contribution < -0.4 is 21.7 Å². The molecule has 2 unspecified atom stereocenters. The second kappa shape index (κ2) is 29.8. The predicted octanol–water partition coefficient (Wildman–Crippen LogP) is 5.58. The van der Waals surface area contributed by atoms with Gasteiger partial charge in [0.25, 0.3) is 5.91 Å². The zero-order valence-corrected chi connectivity index (χ0v) is 35.3. The Kier molecular flexibility index (Phi) is 27.5. The summed E-state index contributed by atoms with van der Waals surface area (Å²) in [6.07, 6.45) is 0.420. The maximum atomic E-state index is 12.1. The number of rotatable bonds is 21. The molecule has 3 amide bonds. The van der Waals surface area contributed by atoms with Crippen LogP contribution in [0.2, 0.25) is 0 Å². The van der Waals surface area contributed by atoms with Crippen LogP contribution in [-0.4, -0.2) is 134 Å². The number of carboxylic acids is 1. The molecule has 0 radical (unpaired) electrons. The molecular weight excluding hydrogens is 744 g/mol. The lowest BCUT2D eigenvalue weighted by Crippen LogP contribution is -2.27. The highest BCUT2D eigenvalue weighted by atomic mass is 16.6. The number of nitrogens with two attached hydrogens (primary N) is 1. The predicted molar refractivity (Wildman–Crippen MR) is 217 cm³/mol. The van der Waals surface area contributed by atoms with Gasteiger partial charge in [-0.3, -0.25) is 15.4 Å². The highest BCUT2D eigenvalue weighted by Gasteiger charge is 2.17. The van der Waals surface area contributed by atoms with Crippen molar-refractivity contribution in [3.63, 3.8) is 0 Å². The van der Waals surface area contributed by atoms with Crippen LogP contribution in [0.1, 0.15) is 75.1 Å². The fourth-order valence-electron chi connectivity index (χ4n) is 4.08. The monoisotopic (exact) mass is 810 g/mol. The summed E-state index contributed by atoms with van der Waals surface area (Å²) in [5.41, 5.74) is 5.89. The van der Waals surface area contributed by atoms with Crippen LogP contribution in [0, 0.1) is 0 Å². The van der Waals surface area contributed by atoms with Crippen molar-refractivity contribution < 1.29 is 62.2 Å². The smallest absolute Gasteiger partial charge is 0.412 e. The first kappa shape index (κ1) is 52.6. The first-order valence-electron chi connectivity index (χ1n) is 18.5. The average molecular weight is 811 g/mol. The SMILES string of the molecule is CC(C)(C)OC(=O)Nc1ccc(C(=O)O)cc1.COCC(COCCCN)OC.COCC(COCCCNC(=O)c1ccc(NC(=O)OC(C)(C)C)cc1)OC. The minimum absolute atomic E-state index is 0.0350. The first-order valence-corrected chi connectivity index (χ1v) is 18.5. The highest BCUT2D eigenvalue weighted by molar-refractivity contribution is 5.95. The maximum absolute atomic E-state index is 12.1. The molecule has 0 spiro atoms. The molecule has 0 saturated heterocycles. The number of carboxylic acid groups (broad SMARTS) is 1. The summed E-state index contributed by atoms with van der Waals surface area (Å²) in [5, 5.41) is 16.7. The second-order valence-corrected chi connectivity index (χ2v) is 14.2. The molecule has 6 N–H and O–H groups in total. The molecule has 0 heterocycles. The third kappa shape index (κ3) is 28.7. The van der Waals surface area contributed by atoms with E-state index in [1.165, 1.54) is 24.3 Å². The van der Waals surface area contributed by atoms with Crippen LogP contribution in [0.5, 0.6) is 0 Å². The van der Waals surface area contributed by atoms with Crippen LogP contribution in [0.25, 0.3) is 0 Å². The summed E-state index contributed by atoms with van der Waals surface area (Å²) in [5.74, 6) is -1.19. The van der Waals surface area contributed by atoms with Gasteiger partial charge in [-0.05, 0) is 109 Å². The van der Waals surface area contributed by atoms with Gasteiger partial charge in [0, 0.05) is 65.1 Å². The largest absolute Gasteiger partial charge is 0.478 e. The zero-order valence-electron chi connectivity index (χ0n) is 35.3. The van der Waals surface area contributed by atoms with Gasteiger partial charge < -0.3 is 54.1 Å². The molecule has 0 aromatic heterocycles. The quantitative estimate of drug-likeness (QED) is 0.0972. The summed E-state index contributed by atoms with van der Waals surface area (Å²) in [6, 6.07) is 12.4. The van der Waals surface area contributed by atoms with Gasteiger partial charge in [-0.25, -0.2) is 14.4 Å². The lowest BCUT2D eigenvalue weighted by Gasteiger charge is -2.19. The number of hydrogen-bond acceptors (Lipinski definition) is 13. The van der Waals surface area contributed by atoms with Crippen LogP contribution in [0.3, 0.4) is 0 Å². The van der Waals surface area contributed by atoms with E-state index in [-0.39, 0.29) is 23.7 Å². The van der Waals surface area contributed by atoms with Gasteiger partial charge in [0.15, 0.2) is 0 Å². The Hall–Kier alpha value is -4.36. The van der Waals surface area contributed by atoms with Crippen molar-refractivity contribution in [2.75, 3.05) is 91.8 Å². The Morgan fingerprint density at radius 2 is 1.04 bits per heavy atom. The van der Waals surface area contributed by atoms with Crippen molar-refractivity contribution in [3.8, 4) is 0 Å². The van der Waals surface area contributed by atoms with E-state index in [2.05, 4.69) is 16.0 Å². The fraction of sp³-hybridized carbons (Fsp3) is 0.600. The molecular formula is C40H66N4O13. The minimum atomic E-state index is -1.01. The van der Waals surface area contributed by atoms with Crippen LogP contribution in [0.15, 0.2) is 48.5 Å². The lowest BCUT2D eigenvalue weighted by atomic mass is 10.2. The zero-order chi connectivity index (χ0) is 43.3. The number of methoxy groups -OCH3 is 4. The van der Waals surface area contributed by atoms with Crippen molar-refractivity contribution in [2.24, 2.45) is 5.73 Å². The van der Waals surface area contributed by atoms with Crippen molar-refractivity contribution >= 4 is 35.4 Å². The molecule has 2 rings (SSSR count). The topological polar surface area (TPSA) is 224 Å². The second-order valence-electron chi connectivity index (χ2n) is 14.2. The number of carbonyl (C=O) groups excluding carboxylic acids is 3. The summed E-state index contributed by atoms with van der Waals surface area (Å²) in [6.45, 7) is 15.1. The van der Waals surface area contributed by atoms with Crippen molar-refractivity contribution in [1.82, 2.24) is 5.32 Å². The van der Waals surface area contributed by atoms with E-state index in [1.807, 2.05) is 0 Å². The first-order chi connectivity index (χ1) is 26.9. The number of amides is 3. The number of aromatic carboxylic acids is 1. The van der Waals surface area contributed by atoms with Gasteiger partial charge in [-0.2, -0.15) is 0 Å². The Morgan fingerprint density at radius 3 is 1.39 bits per heavy atom. The van der Waals surface area contributed by atoms with Gasteiger partial charge in [0.05, 0.1) is 32.0 Å². The molecule has 0 saturated carbocycles. The third-order valence-electron chi connectivity index (χ3n) is 6.79. The van der Waals surface area contributed by atoms with Crippen molar-refractivity contribution in [1.29, 1.82) is 0 Å². The van der Waals surface area contributed by atoms with E-state index in [1.54, 1.807) is 94.2 Å². The van der Waals surface area contributed by atoms with Gasteiger partial charge in [-0.1, -0.05) is 0 Å². The molecule has 0 bridgehead atoms. The summed E-state index contributed by atoms with van der Waals surface area (Å²) < 4.78 is 41.3. The standard InChI is InChI=1S/C20H32N2O6.C12H15NO4.C8H19NO3/c1-20(2,3)28-19(24)22-16-9-7-15(8-10-16)18(23)21-11-6-12-27-14-17(26-5)13-25-4;1-12(2,3)17-11(16)13-9-6-4-8(5-7-9)10(14)15;1-10-6-8(11-2)7-12-5-3-4-9/h7-10,17H,6,11-14H2,1-5H3,(H,21,23)(H,22,24);4-7H,1-3H3,(H,13,16)(H,14,15);8H,3-7,9H2,1-2H3. The molecule has 0 fully saturated rings. The highest BCUT2D eigenvalue weighted by Crippen LogP contribution is 2.14. The molecule has 57 heavy (non-hydrogen) atoms. The number of anilines is 2. The minimum Gasteiger partial charge on any atom is -0.478 e. The van der Waals surface area contributed by atoms with E-state index in [9.17, 15) is 19.2 Å². The van der Waals surface area contributed by atoms with Gasteiger partial charge in [-0.15, -0.1) is 0 Å². The molecule has 324 valence electrons. The molecule has 17 heteroatoms. The molecule has 2 aromatic rings. The Bertz CT molecular complexity index is 1400. The van der Waals surface area contributed by atoms with Crippen molar-refractivity contribution in [2.45, 2.75) is 77.8 Å². The van der Waals surface area contributed by atoms with E-state index >= 15 is 0 Å². The molecule has 0 aliphatic carbocycles. The Labute approximate surface area is 337 Å². The molecule has 0 aliphatic rings. The summed E-state index contributed by atoms with van der Waals surface area (Å²) in [7, 11) is 6.52. The number of nitrogens with one attached hydrogen (secondary N) is 3. The summed E-state index contributed by atoms with van der Waals surface area (Å²) in [4.78, 5) is 45.9. The average Bonchev–Trinajstić information content (AvgIpc) is 3.13. The lowest BCUT2D eigenvalue weighted by molar-refractivity contribution is -0.0305.